The maximum absolute atomic E-state index is 11.0. The summed E-state index contributed by atoms with van der Waals surface area (Å²) in [6.07, 6.45) is 0. The summed E-state index contributed by atoms with van der Waals surface area (Å²) in [5.41, 5.74) is 0.577. The number of rotatable bonds is 5. The molecular formula is C12H14N4O3S. The molecule has 0 radical (unpaired) electrons. The van der Waals surface area contributed by atoms with E-state index in [1.807, 2.05) is 14.0 Å². The van der Waals surface area contributed by atoms with Crippen LogP contribution in [-0.4, -0.2) is 29.3 Å². The lowest BCUT2D eigenvalue weighted by molar-refractivity contribution is -0.385. The molecule has 0 aliphatic heterocycles. The summed E-state index contributed by atoms with van der Waals surface area (Å²) in [4.78, 5) is 10.5. The number of nitrogens with zero attached hydrogens (tertiary/aromatic N) is 3. The van der Waals surface area contributed by atoms with Crippen molar-refractivity contribution in [2.75, 3.05) is 14.2 Å². The molecule has 2 rings (SSSR count). The SMILES string of the molecule is CNC(C)c1nnc(-c2ccc(OC)c([N+](=O)[O-])c2)s1. The van der Waals surface area contributed by atoms with Gasteiger partial charge in [-0.1, -0.05) is 11.3 Å². The second-order valence-corrected chi connectivity index (χ2v) is 5.11. The van der Waals surface area contributed by atoms with Gasteiger partial charge in [0, 0.05) is 11.6 Å². The van der Waals surface area contributed by atoms with Gasteiger partial charge in [0.2, 0.25) is 0 Å². The molecule has 1 aromatic heterocycles. The Morgan fingerprint density at radius 1 is 1.45 bits per heavy atom. The molecule has 0 saturated carbocycles. The predicted molar refractivity (Wildman–Crippen MR) is 76.0 cm³/mol. The number of benzene rings is 1. The zero-order valence-corrected chi connectivity index (χ0v) is 12.1. The molecule has 20 heavy (non-hydrogen) atoms. The summed E-state index contributed by atoms with van der Waals surface area (Å²) in [5.74, 6) is 0.229. The first-order chi connectivity index (χ1) is 9.56. The molecule has 1 N–H and O–H groups in total. The third-order valence-electron chi connectivity index (χ3n) is 2.87. The molecule has 0 aliphatic carbocycles. The highest BCUT2D eigenvalue weighted by molar-refractivity contribution is 7.14. The first-order valence-corrected chi connectivity index (χ1v) is 6.72. The Morgan fingerprint density at radius 2 is 2.20 bits per heavy atom. The minimum Gasteiger partial charge on any atom is -0.490 e. The number of nitro benzene ring substituents is 1. The van der Waals surface area contributed by atoms with Crippen molar-refractivity contribution < 1.29 is 9.66 Å². The summed E-state index contributed by atoms with van der Waals surface area (Å²) in [5, 5.41) is 23.7. The highest BCUT2D eigenvalue weighted by Crippen LogP contribution is 2.34. The van der Waals surface area contributed by atoms with Gasteiger partial charge in [-0.25, -0.2) is 0 Å². The van der Waals surface area contributed by atoms with E-state index in [2.05, 4.69) is 15.5 Å². The van der Waals surface area contributed by atoms with Gasteiger partial charge in [-0.15, -0.1) is 10.2 Å². The quantitative estimate of drug-likeness (QED) is 0.672. The molecule has 0 aliphatic rings. The molecule has 0 saturated heterocycles. The van der Waals surface area contributed by atoms with Crippen LogP contribution in [0.3, 0.4) is 0 Å². The monoisotopic (exact) mass is 294 g/mol. The summed E-state index contributed by atoms with van der Waals surface area (Å²) in [7, 11) is 3.24. The van der Waals surface area contributed by atoms with Crippen molar-refractivity contribution in [3.05, 3.63) is 33.3 Å². The molecule has 0 fully saturated rings. The summed E-state index contributed by atoms with van der Waals surface area (Å²) >= 11 is 1.40. The Hall–Kier alpha value is -2.06. The van der Waals surface area contributed by atoms with E-state index in [9.17, 15) is 10.1 Å². The number of hydrogen-bond acceptors (Lipinski definition) is 7. The molecular weight excluding hydrogens is 280 g/mol. The van der Waals surface area contributed by atoms with Gasteiger partial charge in [0.1, 0.15) is 10.0 Å². The molecule has 0 bridgehead atoms. The lowest BCUT2D eigenvalue weighted by Gasteiger charge is -2.03. The molecule has 1 heterocycles. The maximum atomic E-state index is 11.0. The van der Waals surface area contributed by atoms with E-state index in [4.69, 9.17) is 4.74 Å². The number of nitro groups is 1. The smallest absolute Gasteiger partial charge is 0.311 e. The van der Waals surface area contributed by atoms with Crippen LogP contribution in [0.4, 0.5) is 5.69 Å². The highest BCUT2D eigenvalue weighted by Gasteiger charge is 2.18. The molecule has 1 aromatic carbocycles. The summed E-state index contributed by atoms with van der Waals surface area (Å²) in [6.45, 7) is 1.97. The van der Waals surface area contributed by atoms with Crippen molar-refractivity contribution in [1.82, 2.24) is 15.5 Å². The van der Waals surface area contributed by atoms with E-state index in [0.717, 1.165) is 5.01 Å². The lowest BCUT2D eigenvalue weighted by Crippen LogP contribution is -2.11. The fourth-order valence-electron chi connectivity index (χ4n) is 1.62. The predicted octanol–water partition coefficient (Wildman–Crippen LogP) is 2.40. The normalized spacial score (nSPS) is 12.2. The van der Waals surface area contributed by atoms with Gasteiger partial charge in [-0.3, -0.25) is 10.1 Å². The maximum Gasteiger partial charge on any atom is 0.311 e. The van der Waals surface area contributed by atoms with Crippen LogP contribution < -0.4 is 10.1 Å². The van der Waals surface area contributed by atoms with E-state index in [1.165, 1.54) is 24.5 Å². The van der Waals surface area contributed by atoms with Crippen molar-refractivity contribution in [1.29, 1.82) is 0 Å². The Labute approximate surface area is 119 Å². The van der Waals surface area contributed by atoms with Crippen LogP contribution in [0.25, 0.3) is 10.6 Å². The van der Waals surface area contributed by atoms with Crippen LogP contribution in [-0.2, 0) is 0 Å². The average molecular weight is 294 g/mol. The van der Waals surface area contributed by atoms with Crippen molar-refractivity contribution in [3.8, 4) is 16.3 Å². The molecule has 2 aromatic rings. The van der Waals surface area contributed by atoms with Gasteiger partial charge < -0.3 is 10.1 Å². The fraction of sp³-hybridized carbons (Fsp3) is 0.333. The van der Waals surface area contributed by atoms with Gasteiger partial charge >= 0.3 is 5.69 Å². The van der Waals surface area contributed by atoms with Gasteiger partial charge in [-0.05, 0) is 26.1 Å². The Kier molecular flexibility index (Phi) is 4.26. The van der Waals surface area contributed by atoms with Crippen LogP contribution in [0.15, 0.2) is 18.2 Å². The molecule has 106 valence electrons. The van der Waals surface area contributed by atoms with Crippen molar-refractivity contribution in [2.45, 2.75) is 13.0 Å². The van der Waals surface area contributed by atoms with Gasteiger partial charge in [0.05, 0.1) is 18.1 Å². The van der Waals surface area contributed by atoms with Gasteiger partial charge in [0.15, 0.2) is 5.75 Å². The minimum atomic E-state index is -0.472. The largest absolute Gasteiger partial charge is 0.490 e. The topological polar surface area (TPSA) is 90.2 Å². The number of aromatic nitrogens is 2. The van der Waals surface area contributed by atoms with Crippen molar-refractivity contribution >= 4 is 17.0 Å². The van der Waals surface area contributed by atoms with Crippen LogP contribution in [0.2, 0.25) is 0 Å². The Balaban J connectivity index is 2.40. The number of hydrogen-bond donors (Lipinski definition) is 1. The van der Waals surface area contributed by atoms with Crippen molar-refractivity contribution in [2.24, 2.45) is 0 Å². The Bertz CT molecular complexity index is 629. The molecule has 0 spiro atoms. The van der Waals surface area contributed by atoms with Crippen LogP contribution in [0, 0.1) is 10.1 Å². The number of methoxy groups -OCH3 is 1. The summed E-state index contributed by atoms with van der Waals surface area (Å²) in [6, 6.07) is 4.85. The van der Waals surface area contributed by atoms with E-state index < -0.39 is 4.92 Å². The second kappa shape index (κ2) is 5.93. The third kappa shape index (κ3) is 2.75. The molecule has 1 atom stereocenters. The molecule has 7 nitrogen and oxygen atoms in total. The van der Waals surface area contributed by atoms with Crippen LogP contribution >= 0.6 is 11.3 Å². The Morgan fingerprint density at radius 3 is 2.80 bits per heavy atom. The van der Waals surface area contributed by atoms with E-state index >= 15 is 0 Å². The lowest BCUT2D eigenvalue weighted by atomic mass is 10.2. The minimum absolute atomic E-state index is 0.0802. The van der Waals surface area contributed by atoms with E-state index in [-0.39, 0.29) is 17.5 Å². The zero-order valence-electron chi connectivity index (χ0n) is 11.3. The highest BCUT2D eigenvalue weighted by atomic mass is 32.1. The molecule has 8 heteroatoms. The average Bonchev–Trinajstić information content (AvgIpc) is 2.95. The van der Waals surface area contributed by atoms with E-state index in [0.29, 0.717) is 10.6 Å². The third-order valence-corrected chi connectivity index (χ3v) is 4.02. The van der Waals surface area contributed by atoms with Gasteiger partial charge in [-0.2, -0.15) is 0 Å². The number of nitrogens with one attached hydrogen (secondary N) is 1. The second-order valence-electron chi connectivity index (χ2n) is 4.10. The first-order valence-electron chi connectivity index (χ1n) is 5.90. The van der Waals surface area contributed by atoms with Crippen molar-refractivity contribution in [3.63, 3.8) is 0 Å². The summed E-state index contributed by atoms with van der Waals surface area (Å²) < 4.78 is 4.97. The zero-order chi connectivity index (χ0) is 14.7. The van der Waals surface area contributed by atoms with Gasteiger partial charge in [0.25, 0.3) is 0 Å². The molecule has 1 unspecified atom stereocenters. The number of ether oxygens (including phenoxy) is 1. The fourth-order valence-corrected chi connectivity index (χ4v) is 2.52. The first kappa shape index (κ1) is 14.4. The molecule has 0 amide bonds. The van der Waals surface area contributed by atoms with Crippen LogP contribution in [0.5, 0.6) is 5.75 Å². The standard InChI is InChI=1S/C12H14N4O3S/c1-7(13-2)11-14-15-12(20-11)8-4-5-10(19-3)9(6-8)16(17)18/h4-7,13H,1-3H3. The van der Waals surface area contributed by atoms with Crippen LogP contribution in [0.1, 0.15) is 18.0 Å². The van der Waals surface area contributed by atoms with E-state index in [1.54, 1.807) is 12.1 Å².